The second-order valence-electron chi connectivity index (χ2n) is 5.68. The van der Waals surface area contributed by atoms with E-state index in [1.165, 1.54) is 0 Å². The summed E-state index contributed by atoms with van der Waals surface area (Å²) < 4.78 is 5.26. The number of aliphatic hydroxyl groups is 1. The van der Waals surface area contributed by atoms with Gasteiger partial charge in [-0.2, -0.15) is 0 Å². The number of β-amino-alcohol motifs (C(OH)–C–C–N with tert-alkyl or cyclic N) is 1. The molecule has 2 fully saturated rings. The van der Waals surface area contributed by atoms with Crippen LogP contribution in [0.2, 0.25) is 0 Å². The zero-order valence-electron chi connectivity index (χ0n) is 11.4. The number of morpholine rings is 1. The molecule has 0 radical (unpaired) electrons. The molecule has 0 aromatic rings. The lowest BCUT2D eigenvalue weighted by molar-refractivity contribution is -0.142. The maximum atomic E-state index is 12.4. The molecule has 5 nitrogen and oxygen atoms in total. The molecule has 0 spiro atoms. The Hall–Kier alpha value is -0.650. The number of piperidine rings is 1. The summed E-state index contributed by atoms with van der Waals surface area (Å²) >= 11 is 0. The molecule has 104 valence electrons. The summed E-state index contributed by atoms with van der Waals surface area (Å²) in [6.45, 7) is 7.93. The zero-order chi connectivity index (χ0) is 13.2. The minimum Gasteiger partial charge on any atom is -0.389 e. The number of nitrogens with zero attached hydrogens (tertiary/aromatic N) is 2. The SMILES string of the molecule is CC(C(=O)N1CCOCC1)N1CCCC(C)(O)C1. The van der Waals surface area contributed by atoms with E-state index in [-0.39, 0.29) is 11.9 Å². The minimum atomic E-state index is -0.655. The van der Waals surface area contributed by atoms with Gasteiger partial charge in [-0.05, 0) is 33.2 Å². The van der Waals surface area contributed by atoms with Crippen molar-refractivity contribution in [3.63, 3.8) is 0 Å². The fraction of sp³-hybridized carbons (Fsp3) is 0.923. The number of carbonyl (C=O) groups excluding carboxylic acids is 1. The topological polar surface area (TPSA) is 53.0 Å². The summed E-state index contributed by atoms with van der Waals surface area (Å²) in [5.41, 5.74) is -0.655. The van der Waals surface area contributed by atoms with Gasteiger partial charge in [-0.1, -0.05) is 0 Å². The van der Waals surface area contributed by atoms with E-state index in [4.69, 9.17) is 4.74 Å². The standard InChI is InChI=1S/C13H24N2O3/c1-11(12(16)14-6-8-18-9-7-14)15-5-3-4-13(2,17)10-15/h11,17H,3-10H2,1-2H3. The van der Waals surface area contributed by atoms with Crippen molar-refractivity contribution >= 4 is 5.91 Å². The first kappa shape index (κ1) is 13.8. The van der Waals surface area contributed by atoms with Crippen LogP contribution in [0.15, 0.2) is 0 Å². The quantitative estimate of drug-likeness (QED) is 0.760. The summed E-state index contributed by atoms with van der Waals surface area (Å²) in [6.07, 6.45) is 1.77. The van der Waals surface area contributed by atoms with Crippen molar-refractivity contribution in [3.8, 4) is 0 Å². The van der Waals surface area contributed by atoms with Crippen molar-refractivity contribution in [2.24, 2.45) is 0 Å². The van der Waals surface area contributed by atoms with Crippen molar-refractivity contribution in [2.45, 2.75) is 38.3 Å². The van der Waals surface area contributed by atoms with E-state index in [0.29, 0.717) is 32.8 Å². The largest absolute Gasteiger partial charge is 0.389 e. The maximum Gasteiger partial charge on any atom is 0.239 e. The number of hydrogen-bond acceptors (Lipinski definition) is 4. The monoisotopic (exact) mass is 256 g/mol. The fourth-order valence-electron chi connectivity index (χ4n) is 2.79. The third-order valence-electron chi connectivity index (χ3n) is 3.93. The Bertz CT molecular complexity index is 301. The second kappa shape index (κ2) is 5.55. The molecule has 2 atom stereocenters. The van der Waals surface area contributed by atoms with Crippen LogP contribution in [0.1, 0.15) is 26.7 Å². The molecule has 2 rings (SSSR count). The van der Waals surface area contributed by atoms with Gasteiger partial charge in [0.25, 0.3) is 0 Å². The summed E-state index contributed by atoms with van der Waals surface area (Å²) in [4.78, 5) is 16.3. The Balaban J connectivity index is 1.93. The first-order chi connectivity index (χ1) is 8.49. The number of rotatable bonds is 2. The minimum absolute atomic E-state index is 0.144. The third-order valence-corrected chi connectivity index (χ3v) is 3.93. The lowest BCUT2D eigenvalue weighted by atomic mass is 9.94. The normalized spacial score (nSPS) is 32.3. The van der Waals surface area contributed by atoms with E-state index in [1.807, 2.05) is 18.7 Å². The third kappa shape index (κ3) is 3.22. The lowest BCUT2D eigenvalue weighted by Crippen LogP contribution is -2.56. The van der Waals surface area contributed by atoms with Gasteiger partial charge in [0.15, 0.2) is 0 Å². The summed E-state index contributed by atoms with van der Waals surface area (Å²) in [6, 6.07) is -0.144. The number of ether oxygens (including phenoxy) is 1. The number of hydrogen-bond donors (Lipinski definition) is 1. The maximum absolute atomic E-state index is 12.4. The van der Waals surface area contributed by atoms with E-state index in [0.717, 1.165) is 19.4 Å². The number of likely N-dealkylation sites (tertiary alicyclic amines) is 1. The lowest BCUT2D eigenvalue weighted by Gasteiger charge is -2.41. The van der Waals surface area contributed by atoms with Crippen LogP contribution in [-0.2, 0) is 9.53 Å². The molecule has 0 saturated carbocycles. The highest BCUT2D eigenvalue weighted by Crippen LogP contribution is 2.22. The molecule has 0 bridgehead atoms. The van der Waals surface area contributed by atoms with Gasteiger partial charge in [0.05, 0.1) is 24.9 Å². The Labute approximate surface area is 109 Å². The van der Waals surface area contributed by atoms with Crippen LogP contribution in [0.25, 0.3) is 0 Å². The van der Waals surface area contributed by atoms with Crippen molar-refractivity contribution in [1.82, 2.24) is 9.80 Å². The Morgan fingerprint density at radius 3 is 2.61 bits per heavy atom. The highest BCUT2D eigenvalue weighted by molar-refractivity contribution is 5.81. The van der Waals surface area contributed by atoms with Crippen LogP contribution in [0.3, 0.4) is 0 Å². The van der Waals surface area contributed by atoms with Gasteiger partial charge in [-0.15, -0.1) is 0 Å². The molecule has 2 heterocycles. The molecule has 1 N–H and O–H groups in total. The van der Waals surface area contributed by atoms with Gasteiger partial charge >= 0.3 is 0 Å². The van der Waals surface area contributed by atoms with Gasteiger partial charge in [0.2, 0.25) is 5.91 Å². The first-order valence-electron chi connectivity index (χ1n) is 6.82. The van der Waals surface area contributed by atoms with Crippen molar-refractivity contribution in [2.75, 3.05) is 39.4 Å². The predicted octanol–water partition coefficient (Wildman–Crippen LogP) is 0.0805. The Kier molecular flexibility index (Phi) is 4.25. The average Bonchev–Trinajstić information content (AvgIpc) is 2.37. The van der Waals surface area contributed by atoms with Crippen LogP contribution in [0.4, 0.5) is 0 Å². The summed E-state index contributed by atoms with van der Waals surface area (Å²) in [5, 5.41) is 10.1. The van der Waals surface area contributed by atoms with Crippen LogP contribution < -0.4 is 0 Å². The fourth-order valence-corrected chi connectivity index (χ4v) is 2.79. The summed E-state index contributed by atoms with van der Waals surface area (Å²) in [7, 11) is 0. The first-order valence-corrected chi connectivity index (χ1v) is 6.82. The Morgan fingerprint density at radius 2 is 2.00 bits per heavy atom. The van der Waals surface area contributed by atoms with E-state index in [9.17, 15) is 9.90 Å². The Morgan fingerprint density at radius 1 is 1.33 bits per heavy atom. The molecule has 18 heavy (non-hydrogen) atoms. The van der Waals surface area contributed by atoms with Gasteiger partial charge in [0, 0.05) is 19.6 Å². The molecule has 0 aliphatic carbocycles. The van der Waals surface area contributed by atoms with Crippen molar-refractivity contribution < 1.29 is 14.6 Å². The molecule has 2 aliphatic rings. The van der Waals surface area contributed by atoms with E-state index in [1.54, 1.807) is 0 Å². The second-order valence-corrected chi connectivity index (χ2v) is 5.68. The smallest absolute Gasteiger partial charge is 0.239 e. The highest BCUT2D eigenvalue weighted by Gasteiger charge is 2.34. The zero-order valence-corrected chi connectivity index (χ0v) is 11.4. The summed E-state index contributed by atoms with van der Waals surface area (Å²) in [5.74, 6) is 0.163. The molecular weight excluding hydrogens is 232 g/mol. The number of amides is 1. The van der Waals surface area contributed by atoms with Crippen LogP contribution in [0.5, 0.6) is 0 Å². The molecule has 5 heteroatoms. The van der Waals surface area contributed by atoms with Crippen LogP contribution >= 0.6 is 0 Å². The van der Waals surface area contributed by atoms with Crippen molar-refractivity contribution in [3.05, 3.63) is 0 Å². The molecule has 2 aliphatic heterocycles. The molecule has 0 aromatic heterocycles. The molecule has 1 amide bonds. The van der Waals surface area contributed by atoms with E-state index in [2.05, 4.69) is 4.90 Å². The van der Waals surface area contributed by atoms with Crippen LogP contribution in [0, 0.1) is 0 Å². The van der Waals surface area contributed by atoms with Crippen LogP contribution in [-0.4, -0.2) is 71.8 Å². The molecule has 0 aromatic carbocycles. The van der Waals surface area contributed by atoms with E-state index >= 15 is 0 Å². The van der Waals surface area contributed by atoms with E-state index < -0.39 is 5.60 Å². The number of carbonyl (C=O) groups is 1. The van der Waals surface area contributed by atoms with Gasteiger partial charge in [-0.25, -0.2) is 0 Å². The molecule has 2 unspecified atom stereocenters. The predicted molar refractivity (Wildman–Crippen MR) is 68.3 cm³/mol. The highest BCUT2D eigenvalue weighted by atomic mass is 16.5. The van der Waals surface area contributed by atoms with Gasteiger partial charge in [-0.3, -0.25) is 9.69 Å². The molecular formula is C13H24N2O3. The molecule has 2 saturated heterocycles. The average molecular weight is 256 g/mol. The van der Waals surface area contributed by atoms with Gasteiger partial charge < -0.3 is 14.7 Å². The van der Waals surface area contributed by atoms with Gasteiger partial charge in [0.1, 0.15) is 0 Å². The van der Waals surface area contributed by atoms with Crippen molar-refractivity contribution in [1.29, 1.82) is 0 Å².